The number of imidazole rings is 1. The number of rotatable bonds is 1. The Kier molecular flexibility index (Phi) is 4.87. The molecule has 1 fully saturated rings. The minimum Gasteiger partial charge on any atom is -0.465 e. The summed E-state index contributed by atoms with van der Waals surface area (Å²) in [5.74, 6) is 0.611. The van der Waals surface area contributed by atoms with E-state index in [1.165, 1.54) is 23.1 Å². The maximum absolute atomic E-state index is 12.5. The summed E-state index contributed by atoms with van der Waals surface area (Å²) in [5, 5.41) is 9.47. The van der Waals surface area contributed by atoms with Crippen molar-refractivity contribution in [2.45, 2.75) is 51.5 Å². The summed E-state index contributed by atoms with van der Waals surface area (Å²) in [6.45, 7) is 8.15. The van der Waals surface area contributed by atoms with E-state index in [-0.39, 0.29) is 11.3 Å². The first-order valence-corrected chi connectivity index (χ1v) is 10.4. The number of ether oxygens (including phenoxy) is 1. The van der Waals surface area contributed by atoms with Gasteiger partial charge in [0.2, 0.25) is 0 Å². The summed E-state index contributed by atoms with van der Waals surface area (Å²) >= 11 is 0. The molecule has 2 aliphatic rings. The van der Waals surface area contributed by atoms with Crippen molar-refractivity contribution >= 4 is 12.1 Å². The van der Waals surface area contributed by atoms with Gasteiger partial charge in [-0.3, -0.25) is 0 Å². The molecule has 1 spiro atoms. The first-order valence-electron chi connectivity index (χ1n) is 10.4. The number of hydrogen-bond donors (Lipinski definition) is 1. The number of carbonyl (C=O) groups excluding carboxylic acids is 1. The molecule has 0 radical (unpaired) electrons. The molecule has 0 bridgehead atoms. The first-order chi connectivity index (χ1) is 14.2. The standard InChI is InChI=1S/C23H29N3O4/c1-22(2,3)17-14-26-18(19(27)30-4)13-24-20(26)23(16-8-6-5-7-15(16)17)9-11-25(12-10-23)21(28)29/h5-8,13,17H,9-12,14H2,1-4H3,(H,28,29). The zero-order chi connectivity index (χ0) is 21.7. The molecule has 1 aromatic heterocycles. The van der Waals surface area contributed by atoms with Gasteiger partial charge in [0.1, 0.15) is 11.5 Å². The first kappa shape index (κ1) is 20.4. The Morgan fingerprint density at radius 1 is 1.20 bits per heavy atom. The highest BCUT2D eigenvalue weighted by Crippen LogP contribution is 2.50. The number of aromatic nitrogens is 2. The lowest BCUT2D eigenvalue weighted by Crippen LogP contribution is -2.46. The minimum absolute atomic E-state index is 0.0433. The van der Waals surface area contributed by atoms with Crippen molar-refractivity contribution in [1.82, 2.24) is 14.5 Å². The molecule has 1 N–H and O–H groups in total. The number of piperidine rings is 1. The fraction of sp³-hybridized carbons (Fsp3) is 0.522. The van der Waals surface area contributed by atoms with Crippen molar-refractivity contribution in [1.29, 1.82) is 0 Å². The number of esters is 1. The predicted molar refractivity (Wildman–Crippen MR) is 112 cm³/mol. The second-order valence-electron chi connectivity index (χ2n) is 9.43. The summed E-state index contributed by atoms with van der Waals surface area (Å²) < 4.78 is 7.06. The van der Waals surface area contributed by atoms with Crippen molar-refractivity contribution in [3.63, 3.8) is 0 Å². The molecule has 1 atom stereocenters. The maximum atomic E-state index is 12.5. The van der Waals surface area contributed by atoms with Gasteiger partial charge >= 0.3 is 12.1 Å². The van der Waals surface area contributed by atoms with Gasteiger partial charge < -0.3 is 19.3 Å². The highest BCUT2D eigenvalue weighted by molar-refractivity contribution is 5.87. The third kappa shape index (κ3) is 3.07. The Labute approximate surface area is 176 Å². The normalized spacial score (nSPS) is 20.3. The summed E-state index contributed by atoms with van der Waals surface area (Å²) in [5.41, 5.74) is 2.44. The highest BCUT2D eigenvalue weighted by atomic mass is 16.5. The summed E-state index contributed by atoms with van der Waals surface area (Å²) in [6, 6.07) is 8.45. The second-order valence-corrected chi connectivity index (χ2v) is 9.43. The quantitative estimate of drug-likeness (QED) is 0.720. The molecule has 0 aliphatic carbocycles. The molecular weight excluding hydrogens is 382 g/mol. The number of benzene rings is 1. The fourth-order valence-corrected chi connectivity index (χ4v) is 5.16. The average Bonchev–Trinajstić information content (AvgIpc) is 3.10. The van der Waals surface area contributed by atoms with E-state index in [0.717, 1.165) is 5.82 Å². The van der Waals surface area contributed by atoms with Gasteiger partial charge in [0, 0.05) is 25.6 Å². The average molecular weight is 412 g/mol. The zero-order valence-electron chi connectivity index (χ0n) is 18.0. The summed E-state index contributed by atoms with van der Waals surface area (Å²) in [7, 11) is 1.39. The van der Waals surface area contributed by atoms with Crippen LogP contribution in [0, 0.1) is 5.41 Å². The number of likely N-dealkylation sites (tertiary alicyclic amines) is 1. The van der Waals surface area contributed by atoms with Gasteiger partial charge in [0.05, 0.1) is 18.7 Å². The van der Waals surface area contributed by atoms with Gasteiger partial charge in [-0.15, -0.1) is 0 Å². The van der Waals surface area contributed by atoms with E-state index in [2.05, 4.69) is 39.0 Å². The number of carboxylic acid groups (broad SMARTS) is 1. The summed E-state index contributed by atoms with van der Waals surface area (Å²) in [4.78, 5) is 30.3. The molecule has 0 saturated carbocycles. The van der Waals surface area contributed by atoms with Crippen LogP contribution in [0.2, 0.25) is 0 Å². The van der Waals surface area contributed by atoms with Crippen LogP contribution in [-0.4, -0.2) is 51.8 Å². The Morgan fingerprint density at radius 3 is 2.47 bits per heavy atom. The number of methoxy groups -OCH3 is 1. The molecule has 1 aromatic carbocycles. The van der Waals surface area contributed by atoms with Gasteiger partial charge in [-0.25, -0.2) is 14.6 Å². The van der Waals surface area contributed by atoms with Crippen LogP contribution in [0.25, 0.3) is 0 Å². The van der Waals surface area contributed by atoms with Crippen LogP contribution >= 0.6 is 0 Å². The van der Waals surface area contributed by atoms with Crippen LogP contribution in [0.15, 0.2) is 30.5 Å². The van der Waals surface area contributed by atoms with E-state index in [0.29, 0.717) is 38.2 Å². The second kappa shape index (κ2) is 7.15. The Bertz CT molecular complexity index is 981. The van der Waals surface area contributed by atoms with Gasteiger partial charge in [-0.1, -0.05) is 45.0 Å². The molecule has 4 rings (SSSR count). The number of carbonyl (C=O) groups is 2. The fourth-order valence-electron chi connectivity index (χ4n) is 5.16. The molecule has 160 valence electrons. The molecule has 30 heavy (non-hydrogen) atoms. The third-order valence-electron chi connectivity index (χ3n) is 6.83. The van der Waals surface area contributed by atoms with E-state index in [9.17, 15) is 14.7 Å². The maximum Gasteiger partial charge on any atom is 0.407 e. The van der Waals surface area contributed by atoms with Crippen molar-refractivity contribution in [3.8, 4) is 0 Å². The molecule has 1 saturated heterocycles. The van der Waals surface area contributed by atoms with Crippen LogP contribution in [-0.2, 0) is 16.7 Å². The number of amides is 1. The van der Waals surface area contributed by atoms with Crippen molar-refractivity contribution < 1.29 is 19.4 Å². The predicted octanol–water partition coefficient (Wildman–Crippen LogP) is 3.87. The molecule has 1 unspecified atom stereocenters. The highest BCUT2D eigenvalue weighted by Gasteiger charge is 2.48. The van der Waals surface area contributed by atoms with Crippen LogP contribution in [0.5, 0.6) is 0 Å². The smallest absolute Gasteiger partial charge is 0.407 e. The number of fused-ring (bicyclic) bond motifs is 4. The zero-order valence-corrected chi connectivity index (χ0v) is 18.0. The van der Waals surface area contributed by atoms with Crippen LogP contribution in [0.3, 0.4) is 0 Å². The Hall–Kier alpha value is -2.83. The largest absolute Gasteiger partial charge is 0.465 e. The van der Waals surface area contributed by atoms with Crippen LogP contribution in [0.1, 0.15) is 67.0 Å². The Morgan fingerprint density at radius 2 is 1.87 bits per heavy atom. The third-order valence-corrected chi connectivity index (χ3v) is 6.83. The van der Waals surface area contributed by atoms with Crippen molar-refractivity contribution in [2.24, 2.45) is 5.41 Å². The van der Waals surface area contributed by atoms with Gasteiger partial charge in [0.15, 0.2) is 0 Å². The monoisotopic (exact) mass is 411 g/mol. The lowest BCUT2D eigenvalue weighted by atomic mass is 9.67. The molecule has 3 heterocycles. The summed E-state index contributed by atoms with van der Waals surface area (Å²) in [6.07, 6.45) is 1.98. The van der Waals surface area contributed by atoms with Gasteiger partial charge in [0.25, 0.3) is 0 Å². The van der Waals surface area contributed by atoms with E-state index < -0.39 is 17.5 Å². The lowest BCUT2D eigenvalue weighted by Gasteiger charge is -2.41. The Balaban J connectivity index is 1.95. The van der Waals surface area contributed by atoms with Crippen molar-refractivity contribution in [3.05, 3.63) is 53.1 Å². The van der Waals surface area contributed by atoms with Crippen LogP contribution in [0.4, 0.5) is 4.79 Å². The van der Waals surface area contributed by atoms with E-state index in [1.54, 1.807) is 6.20 Å². The molecule has 2 aliphatic heterocycles. The van der Waals surface area contributed by atoms with Gasteiger partial charge in [-0.05, 0) is 29.4 Å². The molecular formula is C23H29N3O4. The minimum atomic E-state index is -0.891. The SMILES string of the molecule is COC(=O)c1cnc2n1CC(C(C)(C)C)c1ccccc1C21CCN(C(=O)O)CC1. The topological polar surface area (TPSA) is 84.7 Å². The van der Waals surface area contributed by atoms with E-state index >= 15 is 0 Å². The van der Waals surface area contributed by atoms with E-state index in [4.69, 9.17) is 9.72 Å². The molecule has 1 amide bonds. The van der Waals surface area contributed by atoms with Crippen molar-refractivity contribution in [2.75, 3.05) is 20.2 Å². The number of nitrogens with zero attached hydrogens (tertiary/aromatic N) is 3. The molecule has 7 heteroatoms. The van der Waals surface area contributed by atoms with Gasteiger partial charge in [-0.2, -0.15) is 0 Å². The molecule has 7 nitrogen and oxygen atoms in total. The molecule has 2 aromatic rings. The van der Waals surface area contributed by atoms with Crippen LogP contribution < -0.4 is 0 Å². The number of hydrogen-bond acceptors (Lipinski definition) is 4. The van der Waals surface area contributed by atoms with E-state index in [1.807, 2.05) is 10.6 Å². The lowest BCUT2D eigenvalue weighted by molar-refractivity contribution is 0.0585.